The highest BCUT2D eigenvalue weighted by Gasteiger charge is 2.60. The van der Waals surface area contributed by atoms with E-state index < -0.39 is 0 Å². The first-order valence-corrected chi connectivity index (χ1v) is 14.9. The molecule has 0 spiro atoms. The van der Waals surface area contributed by atoms with E-state index in [0.717, 1.165) is 49.5 Å². The zero-order valence-electron chi connectivity index (χ0n) is 22.3. The number of rotatable bonds is 2. The molecule has 190 valence electrons. The van der Waals surface area contributed by atoms with Crippen molar-refractivity contribution in [3.8, 4) is 0 Å². The third-order valence-electron chi connectivity index (χ3n) is 12.3. The number of anilines is 1. The molecular formula is C34H43NO. The van der Waals surface area contributed by atoms with Crippen LogP contribution in [-0.2, 0) is 11.2 Å². The van der Waals surface area contributed by atoms with Gasteiger partial charge in [-0.05, 0) is 116 Å². The molecule has 8 atom stereocenters. The van der Waals surface area contributed by atoms with Crippen molar-refractivity contribution in [2.45, 2.75) is 84.1 Å². The van der Waals surface area contributed by atoms with Gasteiger partial charge in [-0.25, -0.2) is 0 Å². The Kier molecular flexibility index (Phi) is 5.42. The topological polar surface area (TPSA) is 20.3 Å². The monoisotopic (exact) mass is 481 g/mol. The van der Waals surface area contributed by atoms with Gasteiger partial charge in [0.2, 0.25) is 0 Å². The van der Waals surface area contributed by atoms with Crippen molar-refractivity contribution < 1.29 is 4.79 Å². The van der Waals surface area contributed by atoms with Crippen LogP contribution >= 0.6 is 0 Å². The molecule has 4 fully saturated rings. The first kappa shape index (κ1) is 23.1. The second-order valence-corrected chi connectivity index (χ2v) is 13.5. The third-order valence-corrected chi connectivity index (χ3v) is 12.3. The minimum absolute atomic E-state index is 0.00353. The predicted molar refractivity (Wildman–Crippen MR) is 147 cm³/mol. The van der Waals surface area contributed by atoms with Crippen LogP contribution in [0.5, 0.6) is 0 Å². The van der Waals surface area contributed by atoms with Gasteiger partial charge in [0.15, 0.2) is 0 Å². The third kappa shape index (κ3) is 3.31. The average molecular weight is 482 g/mol. The minimum Gasteiger partial charge on any atom is -0.364 e. The van der Waals surface area contributed by atoms with Crippen LogP contribution < -0.4 is 4.90 Å². The lowest BCUT2D eigenvalue weighted by molar-refractivity contribution is -0.140. The lowest BCUT2D eigenvalue weighted by Gasteiger charge is -2.61. The van der Waals surface area contributed by atoms with Crippen molar-refractivity contribution in [2.75, 3.05) is 11.4 Å². The summed E-state index contributed by atoms with van der Waals surface area (Å²) in [6.45, 7) is 6.13. The van der Waals surface area contributed by atoms with E-state index in [9.17, 15) is 4.79 Å². The molecule has 7 unspecified atom stereocenters. The van der Waals surface area contributed by atoms with Crippen LogP contribution in [-0.4, -0.2) is 12.3 Å². The highest BCUT2D eigenvalue weighted by Crippen LogP contribution is 2.66. The largest absolute Gasteiger partial charge is 0.364 e. The summed E-state index contributed by atoms with van der Waals surface area (Å²) >= 11 is 0. The maximum atomic E-state index is 12.8. The first-order valence-electron chi connectivity index (χ1n) is 14.9. The lowest BCUT2D eigenvalue weighted by atomic mass is 9.44. The van der Waals surface area contributed by atoms with Crippen molar-refractivity contribution in [2.24, 2.45) is 40.4 Å². The molecule has 0 bridgehead atoms. The number of Topliss-reactive ketones (excluding diaryl/α,β-unsaturated/α-hetero) is 1. The molecule has 1 heterocycles. The summed E-state index contributed by atoms with van der Waals surface area (Å²) in [5.74, 6) is 4.44. The summed E-state index contributed by atoms with van der Waals surface area (Å²) in [6.07, 6.45) is 12.5. The van der Waals surface area contributed by atoms with Crippen molar-refractivity contribution in [1.82, 2.24) is 0 Å². The van der Waals surface area contributed by atoms with Gasteiger partial charge in [-0.3, -0.25) is 4.79 Å². The Hall–Kier alpha value is -2.09. The average Bonchev–Trinajstić information content (AvgIpc) is 3.22. The fourth-order valence-corrected chi connectivity index (χ4v) is 10.4. The van der Waals surface area contributed by atoms with Gasteiger partial charge >= 0.3 is 0 Å². The van der Waals surface area contributed by atoms with Crippen LogP contribution in [0, 0.1) is 40.4 Å². The molecule has 2 aromatic carbocycles. The molecule has 2 nitrogen and oxygen atoms in total. The molecule has 0 radical (unpaired) electrons. The van der Waals surface area contributed by atoms with Crippen molar-refractivity contribution in [1.29, 1.82) is 0 Å². The maximum Gasteiger partial charge on any atom is 0.139 e. The second kappa shape index (κ2) is 8.47. The van der Waals surface area contributed by atoms with Crippen molar-refractivity contribution in [3.05, 3.63) is 65.7 Å². The second-order valence-electron chi connectivity index (χ2n) is 13.5. The van der Waals surface area contributed by atoms with Gasteiger partial charge in [-0.2, -0.15) is 0 Å². The van der Waals surface area contributed by atoms with Gasteiger partial charge in [0.25, 0.3) is 0 Å². The van der Waals surface area contributed by atoms with Crippen molar-refractivity contribution in [3.63, 3.8) is 0 Å². The number of hydrogen-bond donors (Lipinski definition) is 0. The minimum atomic E-state index is 0.00353. The van der Waals surface area contributed by atoms with Gasteiger partial charge in [0.05, 0.1) is 6.04 Å². The lowest BCUT2D eigenvalue weighted by Crippen LogP contribution is -2.54. The Balaban J connectivity index is 1.18. The summed E-state index contributed by atoms with van der Waals surface area (Å²) < 4.78 is 0. The van der Waals surface area contributed by atoms with Gasteiger partial charge in [-0.1, -0.05) is 56.3 Å². The molecule has 7 rings (SSSR count). The number of para-hydroxylation sites is 1. The van der Waals surface area contributed by atoms with E-state index in [0.29, 0.717) is 23.2 Å². The molecule has 5 aliphatic rings. The highest BCUT2D eigenvalue weighted by molar-refractivity contribution is 5.87. The molecule has 2 aromatic rings. The number of fused-ring (bicyclic) bond motifs is 6. The Morgan fingerprint density at radius 1 is 0.806 bits per heavy atom. The molecule has 0 aromatic heterocycles. The van der Waals surface area contributed by atoms with E-state index in [4.69, 9.17) is 0 Å². The number of ketones is 1. The quantitative estimate of drug-likeness (QED) is 0.433. The van der Waals surface area contributed by atoms with E-state index >= 15 is 0 Å². The Morgan fingerprint density at radius 2 is 1.61 bits per heavy atom. The summed E-state index contributed by atoms with van der Waals surface area (Å²) in [4.78, 5) is 15.6. The summed E-state index contributed by atoms with van der Waals surface area (Å²) in [5, 5.41) is 0. The van der Waals surface area contributed by atoms with E-state index in [2.05, 4.69) is 73.3 Å². The van der Waals surface area contributed by atoms with Crippen LogP contribution in [0.3, 0.4) is 0 Å². The molecule has 2 heteroatoms. The number of nitrogens with zero attached hydrogens (tertiary/aromatic N) is 1. The zero-order valence-corrected chi connectivity index (χ0v) is 22.3. The van der Waals surface area contributed by atoms with Crippen LogP contribution in [0.1, 0.15) is 88.8 Å². The molecule has 0 saturated heterocycles. The van der Waals surface area contributed by atoms with E-state index in [1.54, 1.807) is 11.1 Å². The Bertz CT molecular complexity index is 1140. The SMILES string of the molecule is CC12CCC3[C@@H](CCC4CC(C5c6ccccc6CCN5c5ccccc5)CCC43C)C1CCC2=O. The van der Waals surface area contributed by atoms with Gasteiger partial charge in [-0.15, -0.1) is 0 Å². The van der Waals surface area contributed by atoms with Gasteiger partial charge in [0.1, 0.15) is 5.78 Å². The number of carbonyl (C=O) groups excluding carboxylic acids is 1. The van der Waals surface area contributed by atoms with Gasteiger partial charge < -0.3 is 4.90 Å². The smallest absolute Gasteiger partial charge is 0.139 e. The standard InChI is InChI=1S/C34H43NO/c1-33-19-16-24(22-25(33)12-13-28-29-14-15-31(36)34(29,2)20-17-30(28)33)32-27-11-7-6-8-23(27)18-21-35(32)26-9-4-3-5-10-26/h3-11,24-25,28-30,32H,12-22H2,1-2H3/t24?,25?,28-,29?,30?,32?,33?,34?/m0/s1. The first-order chi connectivity index (χ1) is 17.5. The fraction of sp³-hybridized carbons (Fsp3) is 0.618. The van der Waals surface area contributed by atoms with Gasteiger partial charge in [0, 0.05) is 24.1 Å². The number of benzene rings is 2. The molecule has 4 saturated carbocycles. The van der Waals surface area contributed by atoms with Crippen LogP contribution in [0.15, 0.2) is 54.6 Å². The van der Waals surface area contributed by atoms with Crippen molar-refractivity contribution >= 4 is 11.5 Å². The Labute approximate surface area is 217 Å². The fourth-order valence-electron chi connectivity index (χ4n) is 10.4. The normalized spacial score (nSPS) is 41.7. The molecular weight excluding hydrogens is 438 g/mol. The summed E-state index contributed by atoms with van der Waals surface area (Å²) in [6, 6.07) is 21.0. The number of carbonyl (C=O) groups is 1. The molecule has 36 heavy (non-hydrogen) atoms. The summed E-state index contributed by atoms with van der Waals surface area (Å²) in [7, 11) is 0. The number of hydrogen-bond acceptors (Lipinski definition) is 2. The molecule has 4 aliphatic carbocycles. The molecule has 1 aliphatic heterocycles. The zero-order chi connectivity index (χ0) is 24.5. The van der Waals surface area contributed by atoms with Crippen LogP contribution in [0.25, 0.3) is 0 Å². The van der Waals surface area contributed by atoms with E-state index in [1.165, 1.54) is 50.6 Å². The van der Waals surface area contributed by atoms with Crippen LogP contribution in [0.2, 0.25) is 0 Å². The van der Waals surface area contributed by atoms with E-state index in [1.807, 2.05) is 0 Å². The predicted octanol–water partition coefficient (Wildman–Crippen LogP) is 8.02. The molecule has 0 amide bonds. The van der Waals surface area contributed by atoms with Crippen LogP contribution in [0.4, 0.5) is 5.69 Å². The molecule has 0 N–H and O–H groups in total. The Morgan fingerprint density at radius 3 is 2.47 bits per heavy atom. The summed E-state index contributed by atoms with van der Waals surface area (Å²) in [5.41, 5.74) is 5.03. The maximum absolute atomic E-state index is 12.8. The van der Waals surface area contributed by atoms with E-state index in [-0.39, 0.29) is 5.41 Å². The highest BCUT2D eigenvalue weighted by atomic mass is 16.1.